The molecule has 10 nitrogen and oxygen atoms in total. The summed E-state index contributed by atoms with van der Waals surface area (Å²) in [6.45, 7) is 1.23. The quantitative estimate of drug-likeness (QED) is 0.157. The molecule has 1 unspecified atom stereocenters. The maximum Gasteiger partial charge on any atom is 0.261 e. The van der Waals surface area contributed by atoms with Crippen molar-refractivity contribution in [3.05, 3.63) is 77.6 Å². The maximum atomic E-state index is 15.4. The van der Waals surface area contributed by atoms with Crippen LogP contribution in [0.1, 0.15) is 29.3 Å². The number of fused-ring (bicyclic) bond motifs is 1. The molecule has 1 atom stereocenters. The molecule has 0 bridgehead atoms. The molecule has 0 spiro atoms. The fraction of sp³-hybridized carbons (Fsp3) is 0.200. The average molecular weight is 579 g/mol. The van der Waals surface area contributed by atoms with Gasteiger partial charge in [0.05, 0.1) is 22.8 Å². The number of carbonyl (C=O) groups is 1. The lowest BCUT2D eigenvalue weighted by Gasteiger charge is -2.20. The lowest BCUT2D eigenvalue weighted by molar-refractivity contribution is 0.103. The van der Waals surface area contributed by atoms with E-state index in [-0.39, 0.29) is 46.9 Å². The third kappa shape index (κ3) is 5.74. The number of rotatable bonds is 11. The molecule has 0 amide bonds. The van der Waals surface area contributed by atoms with Crippen LogP contribution in [0.2, 0.25) is 0 Å². The highest BCUT2D eigenvalue weighted by Gasteiger charge is 2.27. The van der Waals surface area contributed by atoms with Crippen LogP contribution in [0.25, 0.3) is 22.2 Å². The molecule has 0 aliphatic carbocycles. The molecule has 0 fully saturated rings. The van der Waals surface area contributed by atoms with Gasteiger partial charge in [-0.2, -0.15) is 0 Å². The molecule has 2 aromatic carbocycles. The topological polar surface area (TPSA) is 153 Å². The summed E-state index contributed by atoms with van der Waals surface area (Å²) in [5, 5.41) is 9.12. The Morgan fingerprint density at radius 3 is 2.51 bits per heavy atom. The lowest BCUT2D eigenvalue weighted by atomic mass is 9.99. The summed E-state index contributed by atoms with van der Waals surface area (Å²) in [5.41, 5.74) is -0.00248. The van der Waals surface area contributed by atoms with Gasteiger partial charge in [-0.1, -0.05) is 19.1 Å². The first-order chi connectivity index (χ1) is 18.6. The maximum absolute atomic E-state index is 15.4. The van der Waals surface area contributed by atoms with Crippen molar-refractivity contribution in [2.24, 2.45) is 0 Å². The molecule has 0 aliphatic rings. The van der Waals surface area contributed by atoms with E-state index in [2.05, 4.69) is 14.7 Å². The minimum atomic E-state index is -3.81. The van der Waals surface area contributed by atoms with Crippen molar-refractivity contribution in [2.45, 2.75) is 18.2 Å². The molecule has 0 radical (unpaired) electrons. The normalized spacial score (nSPS) is 12.5. The minimum Gasteiger partial charge on any atom is -0.395 e. The monoisotopic (exact) mass is 578 g/mol. The first-order valence-corrected chi connectivity index (χ1v) is 14.2. The second kappa shape index (κ2) is 11.7. The Hall–Kier alpha value is -3.56. The number of aliphatic hydroxyl groups is 1. The zero-order valence-electron chi connectivity index (χ0n) is 20.5. The second-order valence-electron chi connectivity index (χ2n) is 8.39. The third-order valence-electron chi connectivity index (χ3n) is 5.86. The first-order valence-electron chi connectivity index (χ1n) is 11.7. The van der Waals surface area contributed by atoms with Crippen molar-refractivity contribution in [3.63, 3.8) is 0 Å². The summed E-state index contributed by atoms with van der Waals surface area (Å²) in [7, 11) is -3.81. The Balaban J connectivity index is 1.73. The summed E-state index contributed by atoms with van der Waals surface area (Å²) in [6.07, 6.45) is 3.16. The van der Waals surface area contributed by atoms with Gasteiger partial charge in [0.1, 0.15) is 11.5 Å². The molecule has 2 heterocycles. The van der Waals surface area contributed by atoms with Crippen molar-refractivity contribution in [3.8, 4) is 11.1 Å². The predicted octanol–water partition coefficient (Wildman–Crippen LogP) is 3.36. The molecule has 2 aromatic heterocycles. The van der Waals surface area contributed by atoms with E-state index in [1.807, 2.05) is 0 Å². The summed E-state index contributed by atoms with van der Waals surface area (Å²) >= 11 is -2.59. The molecule has 0 saturated carbocycles. The van der Waals surface area contributed by atoms with Gasteiger partial charge in [0.2, 0.25) is 15.8 Å². The number of benzene rings is 2. The largest absolute Gasteiger partial charge is 0.395 e. The number of carbonyl (C=O) groups excluding carboxylic acids is 1. The van der Waals surface area contributed by atoms with Gasteiger partial charge in [-0.15, -0.1) is 0 Å². The first kappa shape index (κ1) is 28.4. The number of nitrogens with zero attached hydrogens (tertiary/aromatic N) is 2. The number of halogens is 2. The number of hydrogen-bond donors (Lipinski definition) is 4. The van der Waals surface area contributed by atoms with Gasteiger partial charge >= 0.3 is 0 Å². The molecule has 0 aliphatic heterocycles. The highest BCUT2D eigenvalue weighted by Crippen LogP contribution is 2.31. The summed E-state index contributed by atoms with van der Waals surface area (Å²) in [4.78, 5) is 20.4. The van der Waals surface area contributed by atoms with Gasteiger partial charge in [-0.25, -0.2) is 31.1 Å². The molecule has 39 heavy (non-hydrogen) atoms. The summed E-state index contributed by atoms with van der Waals surface area (Å²) < 4.78 is 79.1. The van der Waals surface area contributed by atoms with Gasteiger partial charge in [-0.3, -0.25) is 13.7 Å². The fourth-order valence-electron chi connectivity index (χ4n) is 4.00. The van der Waals surface area contributed by atoms with Gasteiger partial charge in [-0.05, 0) is 42.3 Å². The Labute approximate surface area is 225 Å². The number of ketones is 1. The van der Waals surface area contributed by atoms with Crippen molar-refractivity contribution in [1.82, 2.24) is 14.7 Å². The molecule has 4 aromatic rings. The van der Waals surface area contributed by atoms with Crippen LogP contribution in [-0.4, -0.2) is 57.7 Å². The standard InChI is InChI=1S/C25H24F2N4O6S2/c1-2-10-31(38(34)35)21-8-7-20(26)22(23(21)27)24(33)19-14-29-25-18(19)12-16(13-28-25)15-3-5-17(6-4-15)39(36,37)30-9-11-32/h3-8,12-14,30,32H,2,9-11H2,1H3,(H,28,29)(H,34,35). The van der Waals surface area contributed by atoms with Gasteiger partial charge < -0.3 is 10.1 Å². The van der Waals surface area contributed by atoms with Crippen LogP contribution in [0.15, 0.2) is 59.8 Å². The van der Waals surface area contributed by atoms with E-state index >= 15 is 4.39 Å². The number of H-pyrrole nitrogens is 1. The van der Waals surface area contributed by atoms with Crippen LogP contribution in [0.4, 0.5) is 14.5 Å². The molecule has 14 heteroatoms. The van der Waals surface area contributed by atoms with Crippen LogP contribution >= 0.6 is 0 Å². The third-order valence-corrected chi connectivity index (χ3v) is 8.09. The molecule has 206 valence electrons. The highest BCUT2D eigenvalue weighted by atomic mass is 32.2. The van der Waals surface area contributed by atoms with Crippen molar-refractivity contribution in [2.75, 3.05) is 24.0 Å². The molecule has 4 rings (SSSR count). The number of aromatic amines is 1. The zero-order valence-corrected chi connectivity index (χ0v) is 22.2. The SMILES string of the molecule is CCCN(c1ccc(F)c(C(=O)c2c[nH]c3ncc(-c4ccc(S(=O)(=O)NCCO)cc4)cc23)c1F)S(=O)O. The molecular formula is C25H24F2N4O6S2. The van der Waals surface area contributed by atoms with Gasteiger partial charge in [0.15, 0.2) is 5.82 Å². The van der Waals surface area contributed by atoms with E-state index in [4.69, 9.17) is 5.11 Å². The Morgan fingerprint density at radius 2 is 1.87 bits per heavy atom. The van der Waals surface area contributed by atoms with Gasteiger partial charge in [0, 0.05) is 42.0 Å². The second-order valence-corrected chi connectivity index (χ2v) is 11.1. The smallest absolute Gasteiger partial charge is 0.261 e. The molecule has 0 saturated heterocycles. The molecule has 4 N–H and O–H groups in total. The number of hydrogen-bond acceptors (Lipinski definition) is 6. The number of aliphatic hydroxyl groups excluding tert-OH is 1. The number of aromatic nitrogens is 2. The summed E-state index contributed by atoms with van der Waals surface area (Å²) in [5.74, 6) is -3.39. The van der Waals surface area contributed by atoms with E-state index in [9.17, 15) is 26.4 Å². The van der Waals surface area contributed by atoms with Crippen LogP contribution in [0, 0.1) is 11.6 Å². The fourth-order valence-corrected chi connectivity index (χ4v) is 5.67. The van der Waals surface area contributed by atoms with E-state index in [0.717, 1.165) is 16.4 Å². The van der Waals surface area contributed by atoms with Crippen LogP contribution in [0.3, 0.4) is 0 Å². The van der Waals surface area contributed by atoms with E-state index in [0.29, 0.717) is 17.5 Å². The van der Waals surface area contributed by atoms with Crippen molar-refractivity contribution < 1.29 is 35.9 Å². The van der Waals surface area contributed by atoms with Crippen LogP contribution < -0.4 is 9.03 Å². The predicted molar refractivity (Wildman–Crippen MR) is 142 cm³/mol. The van der Waals surface area contributed by atoms with Crippen molar-refractivity contribution >= 4 is 43.8 Å². The highest BCUT2D eigenvalue weighted by molar-refractivity contribution is 7.89. The number of pyridine rings is 1. The Kier molecular flexibility index (Phi) is 8.51. The molecular weight excluding hydrogens is 554 g/mol. The average Bonchev–Trinajstić information content (AvgIpc) is 3.34. The number of nitrogens with one attached hydrogen (secondary N) is 2. The van der Waals surface area contributed by atoms with Gasteiger partial charge in [0.25, 0.3) is 11.3 Å². The van der Waals surface area contributed by atoms with Crippen molar-refractivity contribution in [1.29, 1.82) is 0 Å². The number of anilines is 1. The Morgan fingerprint density at radius 1 is 1.15 bits per heavy atom. The van der Waals surface area contributed by atoms with E-state index in [1.165, 1.54) is 36.7 Å². The van der Waals surface area contributed by atoms with Crippen LogP contribution in [-0.2, 0) is 21.3 Å². The summed E-state index contributed by atoms with van der Waals surface area (Å²) in [6, 6.07) is 9.24. The van der Waals surface area contributed by atoms with E-state index in [1.54, 1.807) is 13.0 Å². The van der Waals surface area contributed by atoms with E-state index < -0.39 is 44.3 Å². The van der Waals surface area contributed by atoms with Crippen LogP contribution in [0.5, 0.6) is 0 Å². The Bertz CT molecular complexity index is 1660. The lowest BCUT2D eigenvalue weighted by Crippen LogP contribution is -2.27. The zero-order chi connectivity index (χ0) is 28.3. The minimum absolute atomic E-state index is 0.00273. The number of sulfonamides is 1.